The molecular weight excluding hydrogens is 194 g/mol. The van der Waals surface area contributed by atoms with Crippen LogP contribution in [0.25, 0.3) is 0 Å². The summed E-state index contributed by atoms with van der Waals surface area (Å²) in [4.78, 5) is 13.4. The molecule has 0 aromatic heterocycles. The molecule has 2 unspecified atom stereocenters. The highest BCUT2D eigenvalue weighted by Gasteiger charge is 2.38. The molecule has 86 valence electrons. The van der Waals surface area contributed by atoms with Crippen molar-refractivity contribution in [2.45, 2.75) is 12.8 Å². The number of likely N-dealkylation sites (tertiary alicyclic amines) is 1. The Balaban J connectivity index is 1.88. The van der Waals surface area contributed by atoms with E-state index in [-0.39, 0.29) is 12.0 Å². The first-order valence-electron chi connectivity index (χ1n) is 5.65. The lowest BCUT2D eigenvalue weighted by molar-refractivity contribution is -0.117. The minimum Gasteiger partial charge on any atom is -0.396 e. The normalized spacial score (nSPS) is 37.3. The number of carbonyl (C=O) groups excluding carboxylic acids is 1. The fourth-order valence-electron chi connectivity index (χ4n) is 2.53. The lowest BCUT2D eigenvalue weighted by Gasteiger charge is -2.26. The molecule has 0 aliphatic carbocycles. The molecule has 4 nitrogen and oxygen atoms in total. The van der Waals surface area contributed by atoms with Crippen LogP contribution in [-0.2, 0) is 9.53 Å². The number of rotatable bonds is 4. The topological polar surface area (TPSA) is 49.8 Å². The molecule has 2 atom stereocenters. The second kappa shape index (κ2) is 4.60. The Morgan fingerprint density at radius 2 is 2.47 bits per heavy atom. The Morgan fingerprint density at radius 1 is 1.60 bits per heavy atom. The van der Waals surface area contributed by atoms with Gasteiger partial charge < -0.3 is 19.5 Å². The van der Waals surface area contributed by atoms with Crippen molar-refractivity contribution in [3.05, 3.63) is 0 Å². The Kier molecular flexibility index (Phi) is 3.38. The van der Waals surface area contributed by atoms with Crippen molar-refractivity contribution in [1.29, 1.82) is 0 Å². The molecule has 2 aliphatic rings. The second-order valence-corrected chi connectivity index (χ2v) is 4.86. The number of aliphatic hydroxyl groups is 1. The van der Waals surface area contributed by atoms with Crippen LogP contribution in [0.2, 0.25) is 0 Å². The number of ether oxygens (including phenoxy) is 1. The zero-order chi connectivity index (χ0) is 10.7. The Labute approximate surface area is 90.2 Å². The minimum atomic E-state index is -0.273. The Morgan fingerprint density at radius 3 is 3.00 bits per heavy atom. The summed E-state index contributed by atoms with van der Waals surface area (Å²) >= 11 is 0. The third-order valence-electron chi connectivity index (χ3n) is 3.55. The molecule has 0 aromatic carbocycles. The average molecular weight is 213 g/mol. The summed E-state index contributed by atoms with van der Waals surface area (Å²) in [6.45, 7) is 4.26. The standard InChI is InChI=1S/C11H19NO3/c13-6-10-1-3-12(5-10)7-11(8-14)2-4-15-9-11/h8,10,13H,1-7,9H2. The fraction of sp³-hybridized carbons (Fsp3) is 0.909. The monoisotopic (exact) mass is 213 g/mol. The molecule has 2 heterocycles. The summed E-state index contributed by atoms with van der Waals surface area (Å²) in [5.41, 5.74) is -0.273. The number of hydrogen-bond acceptors (Lipinski definition) is 4. The van der Waals surface area contributed by atoms with Gasteiger partial charge in [-0.2, -0.15) is 0 Å². The summed E-state index contributed by atoms with van der Waals surface area (Å²) in [7, 11) is 0. The maximum absolute atomic E-state index is 11.1. The van der Waals surface area contributed by atoms with Gasteiger partial charge in [0.15, 0.2) is 0 Å². The lowest BCUT2D eigenvalue weighted by atomic mass is 9.89. The van der Waals surface area contributed by atoms with Crippen molar-refractivity contribution in [3.8, 4) is 0 Å². The van der Waals surface area contributed by atoms with Gasteiger partial charge in [-0.05, 0) is 25.3 Å². The van der Waals surface area contributed by atoms with E-state index in [4.69, 9.17) is 9.84 Å². The maximum atomic E-state index is 11.1. The third kappa shape index (κ3) is 2.38. The van der Waals surface area contributed by atoms with Gasteiger partial charge in [-0.3, -0.25) is 0 Å². The number of hydrogen-bond donors (Lipinski definition) is 1. The zero-order valence-corrected chi connectivity index (χ0v) is 9.02. The fourth-order valence-corrected chi connectivity index (χ4v) is 2.53. The molecule has 2 aliphatic heterocycles. The van der Waals surface area contributed by atoms with E-state index in [2.05, 4.69) is 4.90 Å². The first-order chi connectivity index (χ1) is 7.28. The van der Waals surface area contributed by atoms with Crippen LogP contribution >= 0.6 is 0 Å². The number of aldehydes is 1. The molecule has 0 amide bonds. The third-order valence-corrected chi connectivity index (χ3v) is 3.55. The first kappa shape index (κ1) is 11.0. The van der Waals surface area contributed by atoms with E-state index in [1.165, 1.54) is 0 Å². The van der Waals surface area contributed by atoms with Gasteiger partial charge in [0.1, 0.15) is 6.29 Å². The summed E-state index contributed by atoms with van der Waals surface area (Å²) in [5, 5.41) is 9.05. The highest BCUT2D eigenvalue weighted by molar-refractivity contribution is 5.60. The zero-order valence-electron chi connectivity index (χ0n) is 9.02. The number of carbonyl (C=O) groups is 1. The van der Waals surface area contributed by atoms with Crippen molar-refractivity contribution >= 4 is 6.29 Å². The van der Waals surface area contributed by atoms with Crippen molar-refractivity contribution < 1.29 is 14.6 Å². The molecular formula is C11H19NO3. The van der Waals surface area contributed by atoms with E-state index in [9.17, 15) is 4.79 Å². The molecule has 15 heavy (non-hydrogen) atoms. The molecule has 2 saturated heterocycles. The van der Waals surface area contributed by atoms with Crippen LogP contribution in [0.1, 0.15) is 12.8 Å². The van der Waals surface area contributed by atoms with Crippen molar-refractivity contribution in [2.75, 3.05) is 39.5 Å². The van der Waals surface area contributed by atoms with E-state index in [0.29, 0.717) is 19.1 Å². The SMILES string of the molecule is O=CC1(CN2CCC(CO)C2)CCOC1. The second-order valence-electron chi connectivity index (χ2n) is 4.86. The van der Waals surface area contributed by atoms with Crippen LogP contribution in [0.5, 0.6) is 0 Å². The van der Waals surface area contributed by atoms with Gasteiger partial charge in [0.05, 0.1) is 12.0 Å². The van der Waals surface area contributed by atoms with E-state index in [1.54, 1.807) is 0 Å². The van der Waals surface area contributed by atoms with Crippen LogP contribution in [0.15, 0.2) is 0 Å². The quantitative estimate of drug-likeness (QED) is 0.663. The van der Waals surface area contributed by atoms with Crippen LogP contribution in [0, 0.1) is 11.3 Å². The van der Waals surface area contributed by atoms with Crippen LogP contribution < -0.4 is 0 Å². The molecule has 1 N–H and O–H groups in total. The van der Waals surface area contributed by atoms with Gasteiger partial charge in [-0.1, -0.05) is 0 Å². The highest BCUT2D eigenvalue weighted by Crippen LogP contribution is 2.29. The summed E-state index contributed by atoms with van der Waals surface area (Å²) in [6, 6.07) is 0. The predicted molar refractivity (Wildman–Crippen MR) is 55.6 cm³/mol. The van der Waals surface area contributed by atoms with Crippen LogP contribution in [-0.4, -0.2) is 55.7 Å². The van der Waals surface area contributed by atoms with Gasteiger partial charge >= 0.3 is 0 Å². The molecule has 2 rings (SSSR count). The number of nitrogens with zero attached hydrogens (tertiary/aromatic N) is 1. The van der Waals surface area contributed by atoms with Crippen LogP contribution in [0.4, 0.5) is 0 Å². The average Bonchev–Trinajstić information content (AvgIpc) is 2.88. The maximum Gasteiger partial charge on any atom is 0.129 e. The van der Waals surface area contributed by atoms with Gasteiger partial charge in [0, 0.05) is 26.3 Å². The Bertz CT molecular complexity index is 226. The molecule has 2 fully saturated rings. The summed E-state index contributed by atoms with van der Waals surface area (Å²) in [5.74, 6) is 0.399. The largest absolute Gasteiger partial charge is 0.396 e. The molecule has 0 bridgehead atoms. The summed E-state index contributed by atoms with van der Waals surface area (Å²) < 4.78 is 5.31. The van der Waals surface area contributed by atoms with E-state index >= 15 is 0 Å². The highest BCUT2D eigenvalue weighted by atomic mass is 16.5. The first-order valence-corrected chi connectivity index (χ1v) is 5.65. The summed E-state index contributed by atoms with van der Waals surface area (Å²) in [6.07, 6.45) is 2.95. The number of aliphatic hydroxyl groups excluding tert-OH is 1. The molecule has 4 heteroatoms. The van der Waals surface area contributed by atoms with Crippen molar-refractivity contribution in [1.82, 2.24) is 4.90 Å². The van der Waals surface area contributed by atoms with E-state index in [1.807, 2.05) is 0 Å². The Hall–Kier alpha value is -0.450. The lowest BCUT2D eigenvalue weighted by Crippen LogP contribution is -2.38. The molecule has 0 saturated carbocycles. The van der Waals surface area contributed by atoms with E-state index in [0.717, 1.165) is 38.8 Å². The van der Waals surface area contributed by atoms with Gasteiger partial charge in [0.2, 0.25) is 0 Å². The molecule has 0 aromatic rings. The van der Waals surface area contributed by atoms with Gasteiger partial charge in [0.25, 0.3) is 0 Å². The minimum absolute atomic E-state index is 0.265. The smallest absolute Gasteiger partial charge is 0.129 e. The molecule has 0 radical (unpaired) electrons. The van der Waals surface area contributed by atoms with Crippen molar-refractivity contribution in [2.24, 2.45) is 11.3 Å². The predicted octanol–water partition coefficient (Wildman–Crippen LogP) is -0.0938. The van der Waals surface area contributed by atoms with Gasteiger partial charge in [-0.15, -0.1) is 0 Å². The molecule has 0 spiro atoms. The van der Waals surface area contributed by atoms with Crippen molar-refractivity contribution in [3.63, 3.8) is 0 Å². The van der Waals surface area contributed by atoms with Gasteiger partial charge in [-0.25, -0.2) is 0 Å². The van der Waals surface area contributed by atoms with E-state index < -0.39 is 0 Å². The van der Waals surface area contributed by atoms with Crippen LogP contribution in [0.3, 0.4) is 0 Å².